The van der Waals surface area contributed by atoms with Crippen molar-refractivity contribution in [2.24, 2.45) is 0 Å². The Balaban J connectivity index is 2.18. The van der Waals surface area contributed by atoms with Gasteiger partial charge in [-0.15, -0.1) is 0 Å². The second-order valence-electron chi connectivity index (χ2n) is 4.79. The fourth-order valence-electron chi connectivity index (χ4n) is 1.84. The van der Waals surface area contributed by atoms with Crippen molar-refractivity contribution in [3.8, 4) is 0 Å². The number of aryl methyl sites for hydroxylation is 1. The summed E-state index contributed by atoms with van der Waals surface area (Å²) in [5.41, 5.74) is 1.29. The van der Waals surface area contributed by atoms with Crippen LogP contribution >= 0.6 is 22.6 Å². The van der Waals surface area contributed by atoms with E-state index in [0.29, 0.717) is 6.42 Å². The van der Waals surface area contributed by atoms with E-state index in [4.69, 9.17) is 5.11 Å². The van der Waals surface area contributed by atoms with Crippen LogP contribution in [0.3, 0.4) is 0 Å². The molecule has 5 heteroatoms. The first kappa shape index (κ1) is 16.9. The van der Waals surface area contributed by atoms with Gasteiger partial charge in [-0.1, -0.05) is 12.1 Å². The van der Waals surface area contributed by atoms with E-state index in [0.717, 1.165) is 19.3 Å². The van der Waals surface area contributed by atoms with Crippen molar-refractivity contribution in [3.63, 3.8) is 0 Å². The minimum atomic E-state index is -0.872. The Kier molecular flexibility index (Phi) is 7.58. The van der Waals surface area contributed by atoms with Crippen molar-refractivity contribution in [2.45, 2.75) is 32.1 Å². The molecule has 110 valence electrons. The molecule has 0 heterocycles. The maximum Gasteiger partial charge on any atom is 0.305 e. The molecule has 0 unspecified atom stereocenters. The molecule has 20 heavy (non-hydrogen) atoms. The van der Waals surface area contributed by atoms with E-state index in [2.05, 4.69) is 46.9 Å². The van der Waals surface area contributed by atoms with E-state index in [-0.39, 0.29) is 18.9 Å². The van der Waals surface area contributed by atoms with Crippen molar-refractivity contribution in [1.82, 2.24) is 4.90 Å². The number of carbonyl (C=O) groups is 2. The van der Waals surface area contributed by atoms with Crippen molar-refractivity contribution >= 4 is 34.5 Å². The predicted molar refractivity (Wildman–Crippen MR) is 86.6 cm³/mol. The van der Waals surface area contributed by atoms with E-state index in [1.54, 1.807) is 7.05 Å². The highest BCUT2D eigenvalue weighted by Gasteiger charge is 2.09. The van der Waals surface area contributed by atoms with E-state index >= 15 is 0 Å². The molecule has 0 radical (unpaired) electrons. The summed E-state index contributed by atoms with van der Waals surface area (Å²) in [5, 5.41) is 8.57. The van der Waals surface area contributed by atoms with Crippen molar-refractivity contribution in [2.75, 3.05) is 13.6 Å². The number of nitrogens with zero attached hydrogens (tertiary/aromatic N) is 1. The highest BCUT2D eigenvalue weighted by Crippen LogP contribution is 2.10. The van der Waals surface area contributed by atoms with Crippen LogP contribution in [-0.2, 0) is 16.0 Å². The second-order valence-corrected chi connectivity index (χ2v) is 6.04. The molecule has 1 aromatic carbocycles. The van der Waals surface area contributed by atoms with Gasteiger partial charge in [-0.3, -0.25) is 9.59 Å². The largest absolute Gasteiger partial charge is 0.481 e. The van der Waals surface area contributed by atoms with Gasteiger partial charge in [-0.25, -0.2) is 0 Å². The summed E-state index contributed by atoms with van der Waals surface area (Å²) in [6.45, 7) is 0.283. The van der Waals surface area contributed by atoms with E-state index in [1.807, 2.05) is 0 Å². The van der Waals surface area contributed by atoms with Crippen molar-refractivity contribution in [3.05, 3.63) is 33.4 Å². The summed E-state index contributed by atoms with van der Waals surface area (Å²) in [5.74, 6) is -0.850. The molecule has 1 aromatic rings. The number of benzene rings is 1. The van der Waals surface area contributed by atoms with Crippen LogP contribution < -0.4 is 0 Å². The van der Waals surface area contributed by atoms with Crippen LogP contribution in [0.25, 0.3) is 0 Å². The second kappa shape index (κ2) is 8.94. The zero-order valence-corrected chi connectivity index (χ0v) is 13.8. The molecule has 0 saturated carbocycles. The third kappa shape index (κ3) is 6.88. The fraction of sp³-hybridized carbons (Fsp3) is 0.467. The number of amides is 1. The maximum absolute atomic E-state index is 11.7. The normalized spacial score (nSPS) is 10.3. The zero-order valence-electron chi connectivity index (χ0n) is 11.6. The lowest BCUT2D eigenvalue weighted by molar-refractivity contribution is -0.138. The summed E-state index contributed by atoms with van der Waals surface area (Å²) < 4.78 is 1.22. The average molecular weight is 389 g/mol. The number of aliphatic carboxylic acids is 1. The van der Waals surface area contributed by atoms with Crippen LogP contribution in [0.5, 0.6) is 0 Å². The summed E-state index contributed by atoms with van der Waals surface area (Å²) in [6.07, 6.45) is 3.27. The number of carboxylic acid groups (broad SMARTS) is 1. The van der Waals surface area contributed by atoms with Crippen molar-refractivity contribution in [1.29, 1.82) is 0 Å². The smallest absolute Gasteiger partial charge is 0.305 e. The molecular weight excluding hydrogens is 369 g/mol. The van der Waals surface area contributed by atoms with Gasteiger partial charge in [0.15, 0.2) is 0 Å². The monoisotopic (exact) mass is 389 g/mol. The number of hydrogen-bond donors (Lipinski definition) is 1. The SMILES string of the molecule is CN(CCC(=O)O)C(=O)CCCCc1ccc(I)cc1. The molecule has 1 amide bonds. The number of unbranched alkanes of at least 4 members (excludes halogenated alkanes) is 1. The molecule has 0 aromatic heterocycles. The van der Waals surface area contributed by atoms with Gasteiger partial charge in [0.1, 0.15) is 0 Å². The summed E-state index contributed by atoms with van der Waals surface area (Å²) in [7, 11) is 1.66. The number of carboxylic acids is 1. The lowest BCUT2D eigenvalue weighted by Gasteiger charge is -2.15. The number of carbonyl (C=O) groups excluding carboxylic acids is 1. The fourth-order valence-corrected chi connectivity index (χ4v) is 2.19. The van der Waals surface area contributed by atoms with Crippen molar-refractivity contribution < 1.29 is 14.7 Å². The standard InChI is InChI=1S/C15H20INO3/c1-17(11-10-15(19)20)14(18)5-3-2-4-12-6-8-13(16)9-7-12/h6-9H,2-5,10-11H2,1H3,(H,19,20). The molecule has 0 bridgehead atoms. The van der Waals surface area contributed by atoms with Gasteiger partial charge in [0.05, 0.1) is 6.42 Å². The van der Waals surface area contributed by atoms with Crippen LogP contribution in [0.2, 0.25) is 0 Å². The Bertz CT molecular complexity index is 445. The van der Waals surface area contributed by atoms with Crippen LogP contribution in [0.1, 0.15) is 31.2 Å². The Morgan fingerprint density at radius 2 is 1.80 bits per heavy atom. The molecule has 0 aliphatic rings. The molecule has 0 aliphatic carbocycles. The van der Waals surface area contributed by atoms with Crippen LogP contribution in [0, 0.1) is 3.57 Å². The predicted octanol–water partition coefficient (Wildman–Crippen LogP) is 2.94. The minimum Gasteiger partial charge on any atom is -0.481 e. The maximum atomic E-state index is 11.7. The Hall–Kier alpha value is -1.11. The topological polar surface area (TPSA) is 57.6 Å². The van der Waals surface area contributed by atoms with Crippen LogP contribution in [0.15, 0.2) is 24.3 Å². The summed E-state index contributed by atoms with van der Waals surface area (Å²) in [6, 6.07) is 8.40. The Labute approximate surface area is 133 Å². The van der Waals surface area contributed by atoms with Crippen LogP contribution in [-0.4, -0.2) is 35.5 Å². The van der Waals surface area contributed by atoms with Crippen LogP contribution in [0.4, 0.5) is 0 Å². The number of halogens is 1. The first-order valence-corrected chi connectivity index (χ1v) is 7.77. The van der Waals surface area contributed by atoms with E-state index in [1.165, 1.54) is 14.0 Å². The van der Waals surface area contributed by atoms with Gasteiger partial charge in [0, 0.05) is 23.6 Å². The Morgan fingerprint density at radius 1 is 1.15 bits per heavy atom. The van der Waals surface area contributed by atoms with Gasteiger partial charge in [-0.05, 0) is 59.5 Å². The van der Waals surface area contributed by atoms with Gasteiger partial charge < -0.3 is 10.0 Å². The Morgan fingerprint density at radius 3 is 2.40 bits per heavy atom. The van der Waals surface area contributed by atoms with E-state index < -0.39 is 5.97 Å². The van der Waals surface area contributed by atoms with Gasteiger partial charge in [0.25, 0.3) is 0 Å². The third-order valence-electron chi connectivity index (χ3n) is 3.11. The zero-order chi connectivity index (χ0) is 15.0. The van der Waals surface area contributed by atoms with Gasteiger partial charge in [0.2, 0.25) is 5.91 Å². The summed E-state index contributed by atoms with van der Waals surface area (Å²) >= 11 is 2.28. The number of hydrogen-bond acceptors (Lipinski definition) is 2. The molecule has 1 rings (SSSR count). The molecular formula is C15H20INO3. The average Bonchev–Trinajstić information content (AvgIpc) is 2.42. The molecule has 0 saturated heterocycles. The lowest BCUT2D eigenvalue weighted by atomic mass is 10.1. The lowest BCUT2D eigenvalue weighted by Crippen LogP contribution is -2.28. The molecule has 0 aliphatic heterocycles. The van der Waals surface area contributed by atoms with Gasteiger partial charge in [-0.2, -0.15) is 0 Å². The first-order chi connectivity index (χ1) is 9.49. The molecule has 0 atom stereocenters. The molecule has 4 nitrogen and oxygen atoms in total. The highest BCUT2D eigenvalue weighted by molar-refractivity contribution is 14.1. The number of rotatable bonds is 8. The molecule has 0 spiro atoms. The van der Waals surface area contributed by atoms with Gasteiger partial charge >= 0.3 is 5.97 Å². The highest BCUT2D eigenvalue weighted by atomic mass is 127. The third-order valence-corrected chi connectivity index (χ3v) is 3.83. The first-order valence-electron chi connectivity index (χ1n) is 6.69. The minimum absolute atomic E-state index is 0.00485. The summed E-state index contributed by atoms with van der Waals surface area (Å²) in [4.78, 5) is 23.7. The molecule has 1 N–H and O–H groups in total. The van der Waals surface area contributed by atoms with E-state index in [9.17, 15) is 9.59 Å². The quantitative estimate of drug-likeness (QED) is 0.550. The molecule has 0 fully saturated rings.